The van der Waals surface area contributed by atoms with E-state index in [2.05, 4.69) is 5.32 Å². The number of carboxylic acid groups (broad SMARTS) is 1. The molecule has 2 N–H and O–H groups in total. The second-order valence-electron chi connectivity index (χ2n) is 5.20. The maximum atomic E-state index is 13.5. The number of aliphatic carboxylic acids is 1. The fourth-order valence-corrected chi connectivity index (χ4v) is 3.13. The molecule has 1 heterocycles. The van der Waals surface area contributed by atoms with Crippen molar-refractivity contribution in [3.63, 3.8) is 0 Å². The van der Waals surface area contributed by atoms with Crippen LogP contribution in [0.5, 0.6) is 0 Å². The number of carbonyl (C=O) groups is 2. The molecule has 1 aromatic carbocycles. The van der Waals surface area contributed by atoms with Crippen LogP contribution in [0.3, 0.4) is 0 Å². The van der Waals surface area contributed by atoms with E-state index in [1.54, 1.807) is 6.92 Å². The summed E-state index contributed by atoms with van der Waals surface area (Å²) >= 11 is 11.9. The lowest BCUT2D eigenvalue weighted by Gasteiger charge is -2.22. The highest BCUT2D eigenvalue weighted by atomic mass is 35.5. The molecule has 1 saturated heterocycles. The first kappa shape index (κ1) is 16.8. The van der Waals surface area contributed by atoms with Crippen molar-refractivity contribution in [1.29, 1.82) is 0 Å². The fraction of sp³-hybridized carbons (Fsp3) is 0.429. The summed E-state index contributed by atoms with van der Waals surface area (Å²) in [5.74, 6) is -2.09. The van der Waals surface area contributed by atoms with Crippen molar-refractivity contribution in [2.75, 3.05) is 13.1 Å². The molecule has 2 unspecified atom stereocenters. The van der Waals surface area contributed by atoms with Crippen molar-refractivity contribution in [1.82, 2.24) is 10.2 Å². The number of likely N-dealkylation sites (tertiary alicyclic amines) is 1. The molecule has 1 aliphatic rings. The Hall–Kier alpha value is -1.53. The van der Waals surface area contributed by atoms with Gasteiger partial charge in [0.1, 0.15) is 5.82 Å². The molecule has 0 aliphatic carbocycles. The Morgan fingerprint density at radius 3 is 2.73 bits per heavy atom. The van der Waals surface area contributed by atoms with E-state index < -0.39 is 29.8 Å². The normalized spacial score (nSPS) is 19.1. The van der Waals surface area contributed by atoms with E-state index in [0.29, 0.717) is 18.5 Å². The minimum absolute atomic E-state index is 0.134. The maximum absolute atomic E-state index is 13.5. The third kappa shape index (κ3) is 3.44. The molecular weight excluding hydrogens is 334 g/mol. The van der Waals surface area contributed by atoms with Crippen LogP contribution in [0, 0.1) is 11.7 Å². The Labute approximate surface area is 137 Å². The summed E-state index contributed by atoms with van der Waals surface area (Å²) < 4.78 is 13.5. The van der Waals surface area contributed by atoms with Gasteiger partial charge in [-0.05, 0) is 25.5 Å². The lowest BCUT2D eigenvalue weighted by Crippen LogP contribution is -2.40. The first-order valence-electron chi connectivity index (χ1n) is 6.73. The van der Waals surface area contributed by atoms with Gasteiger partial charge in [0.25, 0.3) is 0 Å². The van der Waals surface area contributed by atoms with Crippen LogP contribution in [0.2, 0.25) is 10.0 Å². The number of carbonyl (C=O) groups excluding carboxylic acids is 1. The molecule has 2 rings (SSSR count). The zero-order valence-electron chi connectivity index (χ0n) is 11.8. The molecule has 0 bridgehead atoms. The third-order valence-electron chi connectivity index (χ3n) is 3.68. The molecule has 0 spiro atoms. The summed E-state index contributed by atoms with van der Waals surface area (Å²) in [6.07, 6.45) is 0.415. The number of carboxylic acids is 1. The Bertz CT molecular complexity index is 612. The highest BCUT2D eigenvalue weighted by molar-refractivity contribution is 6.36. The van der Waals surface area contributed by atoms with Gasteiger partial charge in [-0.2, -0.15) is 0 Å². The summed E-state index contributed by atoms with van der Waals surface area (Å²) in [4.78, 5) is 24.5. The van der Waals surface area contributed by atoms with Crippen LogP contribution in [0.4, 0.5) is 9.18 Å². The van der Waals surface area contributed by atoms with Gasteiger partial charge in [0.05, 0.1) is 17.0 Å². The van der Waals surface area contributed by atoms with E-state index in [1.807, 2.05) is 0 Å². The van der Waals surface area contributed by atoms with Crippen molar-refractivity contribution in [3.8, 4) is 0 Å². The van der Waals surface area contributed by atoms with Gasteiger partial charge in [-0.3, -0.25) is 4.79 Å². The zero-order chi connectivity index (χ0) is 16.4. The van der Waals surface area contributed by atoms with Crippen molar-refractivity contribution in [2.45, 2.75) is 19.4 Å². The molecule has 8 heteroatoms. The topological polar surface area (TPSA) is 69.6 Å². The van der Waals surface area contributed by atoms with Crippen LogP contribution in [-0.2, 0) is 4.79 Å². The van der Waals surface area contributed by atoms with E-state index >= 15 is 0 Å². The molecule has 2 amide bonds. The fourth-order valence-electron chi connectivity index (χ4n) is 2.43. The van der Waals surface area contributed by atoms with E-state index in [-0.39, 0.29) is 16.6 Å². The lowest BCUT2D eigenvalue weighted by molar-refractivity contribution is -0.141. The molecule has 5 nitrogen and oxygen atoms in total. The Balaban J connectivity index is 2.07. The maximum Gasteiger partial charge on any atom is 0.317 e. The lowest BCUT2D eigenvalue weighted by atomic mass is 10.1. The molecular formula is C14H15Cl2FN2O3. The average molecular weight is 349 g/mol. The SMILES string of the molecule is CC(NC(=O)N1CCC(C(=O)O)C1)c1c(Cl)ccc(F)c1Cl. The van der Waals surface area contributed by atoms with Gasteiger partial charge in [0, 0.05) is 23.7 Å². The first-order chi connectivity index (χ1) is 10.3. The van der Waals surface area contributed by atoms with E-state index in [0.717, 1.165) is 6.07 Å². The molecule has 1 fully saturated rings. The van der Waals surface area contributed by atoms with Crippen molar-refractivity contribution >= 4 is 35.2 Å². The summed E-state index contributed by atoms with van der Waals surface area (Å²) in [5, 5.41) is 11.7. The van der Waals surface area contributed by atoms with Crippen LogP contribution in [0.25, 0.3) is 0 Å². The largest absolute Gasteiger partial charge is 0.481 e. The van der Waals surface area contributed by atoms with Gasteiger partial charge in [0.15, 0.2) is 0 Å². The summed E-state index contributed by atoms with van der Waals surface area (Å²) in [7, 11) is 0. The van der Waals surface area contributed by atoms with Gasteiger partial charge in [-0.1, -0.05) is 23.2 Å². The first-order valence-corrected chi connectivity index (χ1v) is 7.48. The quantitative estimate of drug-likeness (QED) is 0.823. The Morgan fingerprint density at radius 2 is 2.14 bits per heavy atom. The molecule has 0 saturated carbocycles. The minimum Gasteiger partial charge on any atom is -0.481 e. The highest BCUT2D eigenvalue weighted by Gasteiger charge is 2.31. The van der Waals surface area contributed by atoms with Gasteiger partial charge in [-0.25, -0.2) is 9.18 Å². The van der Waals surface area contributed by atoms with E-state index in [4.69, 9.17) is 28.3 Å². The van der Waals surface area contributed by atoms with Crippen LogP contribution in [0.15, 0.2) is 12.1 Å². The van der Waals surface area contributed by atoms with Gasteiger partial charge >= 0.3 is 12.0 Å². The monoisotopic (exact) mass is 348 g/mol. The summed E-state index contributed by atoms with van der Waals surface area (Å²) in [6.45, 7) is 2.15. The van der Waals surface area contributed by atoms with Crippen LogP contribution < -0.4 is 5.32 Å². The standard InChI is InChI=1S/C14H15Cl2FN2O3/c1-7(11-9(15)2-3-10(17)12(11)16)18-14(22)19-5-4-8(6-19)13(20)21/h2-3,7-8H,4-6H2,1H3,(H,18,22)(H,20,21). The van der Waals surface area contributed by atoms with Crippen molar-refractivity contribution < 1.29 is 19.1 Å². The van der Waals surface area contributed by atoms with Crippen LogP contribution in [-0.4, -0.2) is 35.1 Å². The molecule has 1 aliphatic heterocycles. The number of hydrogen-bond donors (Lipinski definition) is 2. The van der Waals surface area contributed by atoms with Crippen LogP contribution >= 0.6 is 23.2 Å². The predicted molar refractivity (Wildman–Crippen MR) is 80.7 cm³/mol. The molecule has 0 radical (unpaired) electrons. The van der Waals surface area contributed by atoms with Gasteiger partial charge in [0.2, 0.25) is 0 Å². The zero-order valence-corrected chi connectivity index (χ0v) is 13.3. The number of benzene rings is 1. The van der Waals surface area contributed by atoms with Crippen molar-refractivity contribution in [3.05, 3.63) is 33.6 Å². The predicted octanol–water partition coefficient (Wildman–Crippen LogP) is 3.31. The van der Waals surface area contributed by atoms with Gasteiger partial charge < -0.3 is 15.3 Å². The number of rotatable bonds is 3. The Morgan fingerprint density at radius 1 is 1.45 bits per heavy atom. The smallest absolute Gasteiger partial charge is 0.317 e. The number of hydrogen-bond acceptors (Lipinski definition) is 2. The number of amides is 2. The molecule has 2 atom stereocenters. The third-order valence-corrected chi connectivity index (χ3v) is 4.39. The number of nitrogens with one attached hydrogen (secondary N) is 1. The minimum atomic E-state index is -0.917. The van der Waals surface area contributed by atoms with Crippen molar-refractivity contribution in [2.24, 2.45) is 5.92 Å². The van der Waals surface area contributed by atoms with E-state index in [9.17, 15) is 14.0 Å². The summed E-state index contributed by atoms with van der Waals surface area (Å²) in [6, 6.07) is 1.50. The molecule has 22 heavy (non-hydrogen) atoms. The molecule has 0 aromatic heterocycles. The molecule has 120 valence electrons. The van der Waals surface area contributed by atoms with Gasteiger partial charge in [-0.15, -0.1) is 0 Å². The summed E-state index contributed by atoms with van der Waals surface area (Å²) in [5.41, 5.74) is 0.297. The highest BCUT2D eigenvalue weighted by Crippen LogP contribution is 2.32. The number of nitrogens with zero attached hydrogens (tertiary/aromatic N) is 1. The molecule has 1 aromatic rings. The number of halogens is 3. The van der Waals surface area contributed by atoms with Crippen LogP contribution in [0.1, 0.15) is 24.9 Å². The second kappa shape index (κ2) is 6.71. The second-order valence-corrected chi connectivity index (χ2v) is 5.98. The Kier molecular flexibility index (Phi) is 5.13. The number of urea groups is 1. The van der Waals surface area contributed by atoms with E-state index in [1.165, 1.54) is 11.0 Å². The average Bonchev–Trinajstić information content (AvgIpc) is 2.93.